The van der Waals surface area contributed by atoms with Crippen LogP contribution in [-0.4, -0.2) is 29.8 Å². The predicted molar refractivity (Wildman–Crippen MR) is 57.2 cm³/mol. The molecule has 0 spiro atoms. The van der Waals surface area contributed by atoms with Crippen LogP contribution in [0, 0.1) is 5.92 Å². The van der Waals surface area contributed by atoms with Gasteiger partial charge in [-0.15, -0.1) is 0 Å². The molecule has 0 bridgehead atoms. The smallest absolute Gasteiger partial charge is 0.134 e. The molecule has 1 heterocycles. The van der Waals surface area contributed by atoms with Gasteiger partial charge in [0.05, 0.1) is 0 Å². The van der Waals surface area contributed by atoms with Gasteiger partial charge in [-0.1, -0.05) is 6.92 Å². The lowest BCUT2D eigenvalue weighted by Gasteiger charge is -2.26. The second-order valence-electron chi connectivity index (χ2n) is 5.01. The monoisotopic (exact) mass is 195 g/mol. The maximum absolute atomic E-state index is 11.2. The van der Waals surface area contributed by atoms with Crippen molar-refractivity contribution in [2.24, 2.45) is 5.92 Å². The first-order chi connectivity index (χ1) is 6.75. The van der Waals surface area contributed by atoms with Gasteiger partial charge in [-0.2, -0.15) is 0 Å². The summed E-state index contributed by atoms with van der Waals surface area (Å²) >= 11 is 0. The SMILES string of the molecule is CC1CCCN(C2CCC(=O)C2)CC1. The van der Waals surface area contributed by atoms with Gasteiger partial charge in [-0.05, 0) is 44.7 Å². The van der Waals surface area contributed by atoms with E-state index in [1.54, 1.807) is 0 Å². The van der Waals surface area contributed by atoms with E-state index in [0.29, 0.717) is 11.8 Å². The second-order valence-corrected chi connectivity index (χ2v) is 5.01. The first-order valence-electron chi connectivity index (χ1n) is 6.01. The minimum absolute atomic E-state index is 0.479. The minimum atomic E-state index is 0.479. The molecule has 1 aliphatic carbocycles. The third-order valence-electron chi connectivity index (χ3n) is 3.79. The molecule has 0 N–H and O–H groups in total. The van der Waals surface area contributed by atoms with E-state index in [4.69, 9.17) is 0 Å². The van der Waals surface area contributed by atoms with Crippen LogP contribution in [0.25, 0.3) is 0 Å². The Kier molecular flexibility index (Phi) is 3.22. The van der Waals surface area contributed by atoms with Crippen LogP contribution in [0.4, 0.5) is 0 Å². The molecule has 2 aliphatic rings. The van der Waals surface area contributed by atoms with Gasteiger partial charge < -0.3 is 0 Å². The van der Waals surface area contributed by atoms with Crippen molar-refractivity contribution in [3.63, 3.8) is 0 Å². The van der Waals surface area contributed by atoms with Gasteiger partial charge in [0, 0.05) is 18.9 Å². The van der Waals surface area contributed by atoms with E-state index in [1.807, 2.05) is 0 Å². The van der Waals surface area contributed by atoms with Crippen LogP contribution < -0.4 is 0 Å². The van der Waals surface area contributed by atoms with Crippen LogP contribution in [0.5, 0.6) is 0 Å². The molecule has 1 saturated carbocycles. The van der Waals surface area contributed by atoms with E-state index in [0.717, 1.165) is 25.2 Å². The van der Waals surface area contributed by atoms with E-state index in [-0.39, 0.29) is 0 Å². The van der Waals surface area contributed by atoms with E-state index < -0.39 is 0 Å². The quantitative estimate of drug-likeness (QED) is 0.639. The minimum Gasteiger partial charge on any atom is -0.300 e. The van der Waals surface area contributed by atoms with Crippen LogP contribution >= 0.6 is 0 Å². The third-order valence-corrected chi connectivity index (χ3v) is 3.79. The lowest BCUT2D eigenvalue weighted by Crippen LogP contribution is -2.34. The van der Waals surface area contributed by atoms with Gasteiger partial charge in [0.1, 0.15) is 5.78 Å². The maximum Gasteiger partial charge on any atom is 0.134 e. The molecule has 0 aromatic rings. The van der Waals surface area contributed by atoms with Crippen molar-refractivity contribution in [2.75, 3.05) is 13.1 Å². The zero-order valence-corrected chi connectivity index (χ0v) is 9.17. The Bertz CT molecular complexity index is 214. The van der Waals surface area contributed by atoms with Crippen molar-refractivity contribution in [3.05, 3.63) is 0 Å². The zero-order valence-electron chi connectivity index (χ0n) is 9.17. The summed E-state index contributed by atoms with van der Waals surface area (Å²) in [5, 5.41) is 0. The number of carbonyl (C=O) groups is 1. The van der Waals surface area contributed by atoms with Crippen LogP contribution in [0.15, 0.2) is 0 Å². The molecule has 2 nitrogen and oxygen atoms in total. The van der Waals surface area contributed by atoms with E-state index in [9.17, 15) is 4.79 Å². The summed E-state index contributed by atoms with van der Waals surface area (Å²) < 4.78 is 0. The second kappa shape index (κ2) is 4.43. The number of Topliss-reactive ketones (excluding diaryl/α,β-unsaturated/α-hetero) is 1. The fraction of sp³-hybridized carbons (Fsp3) is 0.917. The number of hydrogen-bond acceptors (Lipinski definition) is 2. The number of rotatable bonds is 1. The molecule has 0 aromatic heterocycles. The first-order valence-corrected chi connectivity index (χ1v) is 6.01. The van der Waals surface area contributed by atoms with Crippen molar-refractivity contribution >= 4 is 5.78 Å². The Morgan fingerprint density at radius 3 is 2.79 bits per heavy atom. The highest BCUT2D eigenvalue weighted by atomic mass is 16.1. The number of hydrogen-bond donors (Lipinski definition) is 0. The molecule has 0 aromatic carbocycles. The molecule has 0 radical (unpaired) electrons. The molecule has 2 fully saturated rings. The van der Waals surface area contributed by atoms with Gasteiger partial charge in [0.25, 0.3) is 0 Å². The normalized spacial score (nSPS) is 35.9. The third kappa shape index (κ3) is 2.35. The van der Waals surface area contributed by atoms with E-state index >= 15 is 0 Å². The van der Waals surface area contributed by atoms with Gasteiger partial charge >= 0.3 is 0 Å². The number of carbonyl (C=O) groups excluding carboxylic acids is 1. The Morgan fingerprint density at radius 2 is 2.07 bits per heavy atom. The van der Waals surface area contributed by atoms with Crippen molar-refractivity contribution in [3.8, 4) is 0 Å². The molecule has 2 heteroatoms. The van der Waals surface area contributed by atoms with Crippen molar-refractivity contribution in [1.29, 1.82) is 0 Å². The molecule has 1 saturated heterocycles. The van der Waals surface area contributed by atoms with Crippen LogP contribution in [0.2, 0.25) is 0 Å². The van der Waals surface area contributed by atoms with E-state index in [2.05, 4.69) is 11.8 Å². The molecule has 0 amide bonds. The largest absolute Gasteiger partial charge is 0.300 e. The zero-order chi connectivity index (χ0) is 9.97. The molecule has 14 heavy (non-hydrogen) atoms. The highest BCUT2D eigenvalue weighted by Crippen LogP contribution is 2.25. The summed E-state index contributed by atoms with van der Waals surface area (Å²) in [7, 11) is 0. The molecule has 2 unspecified atom stereocenters. The van der Waals surface area contributed by atoms with Crippen molar-refractivity contribution in [2.45, 2.75) is 51.5 Å². The average Bonchev–Trinajstić information content (AvgIpc) is 2.46. The Labute approximate surface area is 86.7 Å². The Morgan fingerprint density at radius 1 is 1.21 bits per heavy atom. The lowest BCUT2D eigenvalue weighted by molar-refractivity contribution is -0.117. The molecular formula is C12H21NO. The fourth-order valence-electron chi connectivity index (χ4n) is 2.76. The van der Waals surface area contributed by atoms with Gasteiger partial charge in [0.15, 0.2) is 0 Å². The molecule has 2 atom stereocenters. The predicted octanol–water partition coefficient (Wildman–Crippen LogP) is 2.23. The highest BCUT2D eigenvalue weighted by Gasteiger charge is 2.28. The maximum atomic E-state index is 11.2. The highest BCUT2D eigenvalue weighted by molar-refractivity contribution is 5.81. The summed E-state index contributed by atoms with van der Waals surface area (Å²) in [5.41, 5.74) is 0. The molecule has 2 rings (SSSR count). The average molecular weight is 195 g/mol. The van der Waals surface area contributed by atoms with Crippen LogP contribution in [-0.2, 0) is 4.79 Å². The van der Waals surface area contributed by atoms with Crippen molar-refractivity contribution in [1.82, 2.24) is 4.90 Å². The fourth-order valence-corrected chi connectivity index (χ4v) is 2.76. The molecular weight excluding hydrogens is 174 g/mol. The number of nitrogens with zero attached hydrogens (tertiary/aromatic N) is 1. The lowest BCUT2D eigenvalue weighted by atomic mass is 10.0. The van der Waals surface area contributed by atoms with Crippen molar-refractivity contribution < 1.29 is 4.79 Å². The topological polar surface area (TPSA) is 20.3 Å². The summed E-state index contributed by atoms with van der Waals surface area (Å²) in [5.74, 6) is 1.37. The standard InChI is InChI=1S/C12H21NO/c1-10-3-2-7-13(8-6-10)11-4-5-12(14)9-11/h10-11H,2-9H2,1H3. The molecule has 1 aliphatic heterocycles. The molecule has 80 valence electrons. The van der Waals surface area contributed by atoms with Crippen LogP contribution in [0.1, 0.15) is 45.4 Å². The first kappa shape index (κ1) is 10.2. The summed E-state index contributed by atoms with van der Waals surface area (Å²) in [6, 6.07) is 0.591. The summed E-state index contributed by atoms with van der Waals surface area (Å²) in [6.07, 6.45) is 6.80. The Hall–Kier alpha value is -0.370. The van der Waals surface area contributed by atoms with Gasteiger partial charge in [-0.3, -0.25) is 9.69 Å². The van der Waals surface area contributed by atoms with Gasteiger partial charge in [-0.25, -0.2) is 0 Å². The Balaban J connectivity index is 1.87. The van der Waals surface area contributed by atoms with Gasteiger partial charge in [0.2, 0.25) is 0 Å². The summed E-state index contributed by atoms with van der Waals surface area (Å²) in [6.45, 7) is 4.80. The van der Waals surface area contributed by atoms with Crippen LogP contribution in [0.3, 0.4) is 0 Å². The number of likely N-dealkylation sites (tertiary alicyclic amines) is 1. The number of ketones is 1. The van der Waals surface area contributed by atoms with E-state index in [1.165, 1.54) is 32.4 Å². The summed E-state index contributed by atoms with van der Waals surface area (Å²) in [4.78, 5) is 13.8.